The predicted octanol–water partition coefficient (Wildman–Crippen LogP) is 3.68. The summed E-state index contributed by atoms with van der Waals surface area (Å²) < 4.78 is 0. The van der Waals surface area contributed by atoms with Crippen LogP contribution >= 0.6 is 0 Å². The molecule has 0 radical (unpaired) electrons. The van der Waals surface area contributed by atoms with Gasteiger partial charge in [-0.05, 0) is 30.5 Å². The van der Waals surface area contributed by atoms with Gasteiger partial charge in [0.2, 0.25) is 0 Å². The van der Waals surface area contributed by atoms with Gasteiger partial charge in [-0.15, -0.1) is 12.3 Å². The number of hydrogen-bond donors (Lipinski definition) is 1. The van der Waals surface area contributed by atoms with Gasteiger partial charge in [0.15, 0.2) is 0 Å². The number of terminal acetylenes is 1. The second-order valence-electron chi connectivity index (χ2n) is 3.27. The second kappa shape index (κ2) is 5.26. The average Bonchev–Trinajstić information content (AvgIpc) is 2.63. The van der Waals surface area contributed by atoms with E-state index in [0.29, 0.717) is 6.42 Å². The quantitative estimate of drug-likeness (QED) is 0.674. The minimum absolute atomic E-state index is 0.674. The van der Waals surface area contributed by atoms with Crippen molar-refractivity contribution in [3.05, 3.63) is 35.5 Å². The second-order valence-corrected chi connectivity index (χ2v) is 3.27. The van der Waals surface area contributed by atoms with Crippen molar-refractivity contribution in [3.8, 4) is 12.3 Å². The molecule has 0 unspecified atom stereocenters. The molecule has 0 fully saturated rings. The van der Waals surface area contributed by atoms with Crippen LogP contribution in [0, 0.1) is 19.3 Å². The van der Waals surface area contributed by atoms with Crippen LogP contribution < -0.4 is 0 Å². The highest BCUT2D eigenvalue weighted by Crippen LogP contribution is 2.16. The first-order valence-electron chi connectivity index (χ1n) is 5.31. The zero-order valence-electron chi connectivity index (χ0n) is 9.59. The maximum Gasteiger partial charge on any atom is 0.0489 e. The molecule has 1 N–H and O–H groups in total. The van der Waals surface area contributed by atoms with Gasteiger partial charge in [0.25, 0.3) is 0 Å². The molecule has 0 aliphatic rings. The van der Waals surface area contributed by atoms with E-state index in [4.69, 9.17) is 6.42 Å². The number of benzene rings is 1. The molecule has 0 spiro atoms. The van der Waals surface area contributed by atoms with Crippen molar-refractivity contribution < 1.29 is 0 Å². The van der Waals surface area contributed by atoms with Crippen LogP contribution in [0.25, 0.3) is 10.9 Å². The highest BCUT2D eigenvalue weighted by atomic mass is 14.7. The minimum Gasteiger partial charge on any atom is -0.358 e. The van der Waals surface area contributed by atoms with Gasteiger partial charge in [-0.1, -0.05) is 25.5 Å². The third kappa shape index (κ3) is 2.63. The molecule has 1 nitrogen and oxygen atoms in total. The zero-order valence-corrected chi connectivity index (χ0v) is 9.59. The molecule has 1 aromatic heterocycles. The van der Waals surface area contributed by atoms with E-state index in [1.165, 1.54) is 10.9 Å². The van der Waals surface area contributed by atoms with E-state index in [1.807, 2.05) is 13.8 Å². The Hall–Kier alpha value is -1.68. The summed E-state index contributed by atoms with van der Waals surface area (Å²) in [6.45, 7) is 6.09. The lowest BCUT2D eigenvalue weighted by Gasteiger charge is -1.90. The zero-order chi connectivity index (χ0) is 11.3. The summed E-state index contributed by atoms with van der Waals surface area (Å²) in [4.78, 5) is 3.28. The maximum atomic E-state index is 5.24. The number of hydrogen-bond acceptors (Lipinski definition) is 0. The molecule has 0 amide bonds. The molecular formula is C14H17N. The lowest BCUT2D eigenvalue weighted by Crippen LogP contribution is -1.77. The lowest BCUT2D eigenvalue weighted by atomic mass is 10.2. The Kier molecular flexibility index (Phi) is 4.00. The molecule has 15 heavy (non-hydrogen) atoms. The summed E-state index contributed by atoms with van der Waals surface area (Å²) in [6, 6.07) is 8.46. The first kappa shape index (κ1) is 11.4. The number of fused-ring (bicyclic) bond motifs is 1. The first-order valence-corrected chi connectivity index (χ1v) is 5.31. The van der Waals surface area contributed by atoms with Gasteiger partial charge >= 0.3 is 0 Å². The van der Waals surface area contributed by atoms with Crippen molar-refractivity contribution in [1.82, 2.24) is 4.98 Å². The van der Waals surface area contributed by atoms with Crippen molar-refractivity contribution in [3.63, 3.8) is 0 Å². The summed E-state index contributed by atoms with van der Waals surface area (Å²) in [5.74, 6) is 2.63. The molecule has 1 heteroatoms. The molecule has 0 aliphatic carbocycles. The monoisotopic (exact) mass is 199 g/mol. The van der Waals surface area contributed by atoms with E-state index < -0.39 is 0 Å². The largest absolute Gasteiger partial charge is 0.358 e. The Labute approximate surface area is 91.5 Å². The van der Waals surface area contributed by atoms with Crippen LogP contribution in [0.15, 0.2) is 24.3 Å². The van der Waals surface area contributed by atoms with Gasteiger partial charge in [-0.2, -0.15) is 0 Å². The first-order chi connectivity index (χ1) is 7.29. The third-order valence-corrected chi connectivity index (χ3v) is 2.12. The van der Waals surface area contributed by atoms with E-state index in [-0.39, 0.29) is 0 Å². The van der Waals surface area contributed by atoms with Crippen molar-refractivity contribution >= 4 is 10.9 Å². The van der Waals surface area contributed by atoms with Gasteiger partial charge in [-0.3, -0.25) is 0 Å². The molecule has 2 aromatic rings. The number of aryl methyl sites for hydroxylation is 1. The summed E-state index contributed by atoms with van der Waals surface area (Å²) in [5, 5.41) is 1.24. The molecule has 1 aromatic carbocycles. The summed E-state index contributed by atoms with van der Waals surface area (Å²) in [6.07, 6.45) is 5.92. The van der Waals surface area contributed by atoms with E-state index in [0.717, 1.165) is 11.2 Å². The molecular weight excluding hydrogens is 182 g/mol. The fraction of sp³-hybridized carbons (Fsp3) is 0.286. The van der Waals surface area contributed by atoms with Gasteiger partial charge in [-0.25, -0.2) is 0 Å². The topological polar surface area (TPSA) is 15.8 Å². The van der Waals surface area contributed by atoms with E-state index in [1.54, 1.807) is 0 Å². The van der Waals surface area contributed by atoms with Crippen LogP contribution in [0.3, 0.4) is 0 Å². The van der Waals surface area contributed by atoms with Crippen molar-refractivity contribution in [2.24, 2.45) is 0 Å². The maximum absolute atomic E-state index is 5.24. The van der Waals surface area contributed by atoms with Crippen LogP contribution in [0.5, 0.6) is 0 Å². The molecule has 0 saturated carbocycles. The van der Waals surface area contributed by atoms with Crippen molar-refractivity contribution in [1.29, 1.82) is 0 Å². The normalized spacial score (nSPS) is 9.20. The SMILES string of the molecule is C#CCc1cc2cc(C)ccc2[nH]1.CC. The number of aromatic nitrogens is 1. The standard InChI is InChI=1S/C12H11N.C2H6/c1-3-4-11-8-10-7-9(2)5-6-12(10)13-11;1-2/h1,5-8,13H,4H2,2H3;1-2H3. The highest BCUT2D eigenvalue weighted by molar-refractivity contribution is 5.81. The number of rotatable bonds is 1. The number of nitrogens with one attached hydrogen (secondary N) is 1. The van der Waals surface area contributed by atoms with Gasteiger partial charge in [0.1, 0.15) is 0 Å². The van der Waals surface area contributed by atoms with Crippen molar-refractivity contribution in [2.45, 2.75) is 27.2 Å². The van der Waals surface area contributed by atoms with Crippen LogP contribution in [0.1, 0.15) is 25.1 Å². The van der Waals surface area contributed by atoms with Gasteiger partial charge in [0.05, 0.1) is 0 Å². The van der Waals surface area contributed by atoms with E-state index in [2.05, 4.69) is 42.1 Å². The van der Waals surface area contributed by atoms with Crippen LogP contribution in [0.2, 0.25) is 0 Å². The van der Waals surface area contributed by atoms with Crippen LogP contribution in [-0.4, -0.2) is 4.98 Å². The Balaban J connectivity index is 0.000000531. The number of H-pyrrole nitrogens is 1. The van der Waals surface area contributed by atoms with E-state index in [9.17, 15) is 0 Å². The fourth-order valence-corrected chi connectivity index (χ4v) is 1.52. The third-order valence-electron chi connectivity index (χ3n) is 2.12. The van der Waals surface area contributed by atoms with Gasteiger partial charge < -0.3 is 4.98 Å². The van der Waals surface area contributed by atoms with Gasteiger partial charge in [0, 0.05) is 17.6 Å². The lowest BCUT2D eigenvalue weighted by molar-refractivity contribution is 1.20. The Morgan fingerprint density at radius 3 is 2.67 bits per heavy atom. The molecule has 0 bridgehead atoms. The molecule has 2 rings (SSSR count). The average molecular weight is 199 g/mol. The van der Waals surface area contributed by atoms with Crippen molar-refractivity contribution in [2.75, 3.05) is 0 Å². The van der Waals surface area contributed by atoms with E-state index >= 15 is 0 Å². The van der Waals surface area contributed by atoms with Crippen LogP contribution in [0.4, 0.5) is 0 Å². The molecule has 1 heterocycles. The fourth-order valence-electron chi connectivity index (χ4n) is 1.52. The Bertz CT molecular complexity index is 472. The van der Waals surface area contributed by atoms with Crippen LogP contribution in [-0.2, 0) is 6.42 Å². The summed E-state index contributed by atoms with van der Waals surface area (Å²) in [5.41, 5.74) is 3.55. The minimum atomic E-state index is 0.674. The smallest absolute Gasteiger partial charge is 0.0489 e. The number of aromatic amines is 1. The molecule has 0 aliphatic heterocycles. The summed E-state index contributed by atoms with van der Waals surface area (Å²) >= 11 is 0. The Morgan fingerprint density at radius 2 is 2.00 bits per heavy atom. The highest BCUT2D eigenvalue weighted by Gasteiger charge is 1.98. The Morgan fingerprint density at radius 1 is 1.27 bits per heavy atom. The summed E-state index contributed by atoms with van der Waals surface area (Å²) in [7, 11) is 0. The molecule has 0 saturated heterocycles. The molecule has 0 atom stereocenters. The molecule has 78 valence electrons. The predicted molar refractivity (Wildman–Crippen MR) is 66.9 cm³/mol.